The predicted octanol–water partition coefficient (Wildman–Crippen LogP) is 1.16. The number of benzene rings is 1. The number of nitrogens with zero attached hydrogens (tertiary/aromatic N) is 2. The van der Waals surface area contributed by atoms with Crippen LogP contribution in [0.5, 0.6) is 0 Å². The molecule has 1 atom stereocenters. The fourth-order valence-electron chi connectivity index (χ4n) is 2.66. The number of nitro benzene ring substituents is 1. The van der Waals surface area contributed by atoms with Crippen molar-refractivity contribution in [3.63, 3.8) is 0 Å². The lowest BCUT2D eigenvalue weighted by atomic mass is 9.88. The molecule has 1 aromatic carbocycles. The summed E-state index contributed by atoms with van der Waals surface area (Å²) in [5, 5.41) is 20.4. The lowest BCUT2D eigenvalue weighted by molar-refractivity contribution is -0.385. The molecule has 1 heterocycles. The Kier molecular flexibility index (Phi) is 4.41. The number of carbonyl (C=O) groups excluding carboxylic acids is 1. The summed E-state index contributed by atoms with van der Waals surface area (Å²) in [6, 6.07) is 5.64. The summed E-state index contributed by atoms with van der Waals surface area (Å²) in [5.74, 6) is -1.57. The molecule has 8 heteroatoms. The molecular formula is C14H16N2O6. The smallest absolute Gasteiger partial charge is 0.313 e. The van der Waals surface area contributed by atoms with E-state index < -0.39 is 22.2 Å². The van der Waals surface area contributed by atoms with Crippen LogP contribution >= 0.6 is 0 Å². The molecule has 1 aromatic rings. The van der Waals surface area contributed by atoms with Crippen LogP contribution in [0.3, 0.4) is 0 Å². The van der Waals surface area contributed by atoms with Crippen molar-refractivity contribution >= 4 is 17.6 Å². The molecule has 0 bridgehead atoms. The maximum absolute atomic E-state index is 12.5. The SMILES string of the molecule is COCC1(C(=O)O)CCN(C(=O)c2ccccc2[N+](=O)[O-])C1. The highest BCUT2D eigenvalue weighted by Crippen LogP contribution is 2.33. The highest BCUT2D eigenvalue weighted by molar-refractivity contribution is 5.98. The standard InChI is InChI=1S/C14H16N2O6/c1-22-9-14(13(18)19)6-7-15(8-14)12(17)10-4-2-3-5-11(10)16(20)21/h2-5H,6-9H2,1H3,(H,18,19). The summed E-state index contributed by atoms with van der Waals surface area (Å²) in [4.78, 5) is 35.6. The third-order valence-electron chi connectivity index (χ3n) is 3.85. The van der Waals surface area contributed by atoms with Crippen molar-refractivity contribution in [2.24, 2.45) is 5.41 Å². The number of hydrogen-bond donors (Lipinski definition) is 1. The molecule has 1 fully saturated rings. The average Bonchev–Trinajstić information content (AvgIpc) is 2.92. The van der Waals surface area contributed by atoms with Gasteiger partial charge in [0.2, 0.25) is 0 Å². The van der Waals surface area contributed by atoms with Gasteiger partial charge < -0.3 is 14.7 Å². The molecule has 1 aliphatic heterocycles. The monoisotopic (exact) mass is 308 g/mol. The van der Waals surface area contributed by atoms with Crippen LogP contribution in [0.4, 0.5) is 5.69 Å². The molecular weight excluding hydrogens is 292 g/mol. The van der Waals surface area contributed by atoms with Crippen molar-refractivity contribution < 1.29 is 24.4 Å². The Morgan fingerprint density at radius 1 is 1.45 bits per heavy atom. The largest absolute Gasteiger partial charge is 0.481 e. The van der Waals surface area contributed by atoms with E-state index in [2.05, 4.69) is 0 Å². The molecule has 0 aromatic heterocycles. The van der Waals surface area contributed by atoms with E-state index in [0.717, 1.165) is 0 Å². The number of likely N-dealkylation sites (tertiary alicyclic amines) is 1. The average molecular weight is 308 g/mol. The van der Waals surface area contributed by atoms with Gasteiger partial charge in [0.05, 0.1) is 11.5 Å². The quantitative estimate of drug-likeness (QED) is 0.645. The van der Waals surface area contributed by atoms with Crippen LogP contribution in [-0.4, -0.2) is 53.6 Å². The summed E-state index contributed by atoms with van der Waals surface area (Å²) in [6.07, 6.45) is 0.253. The van der Waals surface area contributed by atoms with Gasteiger partial charge >= 0.3 is 5.97 Å². The van der Waals surface area contributed by atoms with E-state index in [1.165, 1.54) is 36.3 Å². The molecule has 1 unspecified atom stereocenters. The van der Waals surface area contributed by atoms with Crippen LogP contribution in [0.15, 0.2) is 24.3 Å². The van der Waals surface area contributed by atoms with E-state index in [4.69, 9.17) is 4.74 Å². The van der Waals surface area contributed by atoms with Crippen LogP contribution < -0.4 is 0 Å². The van der Waals surface area contributed by atoms with Gasteiger partial charge in [-0.05, 0) is 12.5 Å². The first-order chi connectivity index (χ1) is 10.4. The number of carbonyl (C=O) groups is 2. The fraction of sp³-hybridized carbons (Fsp3) is 0.429. The molecule has 0 spiro atoms. The van der Waals surface area contributed by atoms with Gasteiger partial charge in [-0.2, -0.15) is 0 Å². The Morgan fingerprint density at radius 2 is 2.14 bits per heavy atom. The van der Waals surface area contributed by atoms with E-state index in [9.17, 15) is 24.8 Å². The van der Waals surface area contributed by atoms with Crippen LogP contribution in [-0.2, 0) is 9.53 Å². The highest BCUT2D eigenvalue weighted by Gasteiger charge is 2.47. The zero-order chi connectivity index (χ0) is 16.3. The first kappa shape index (κ1) is 15.9. The highest BCUT2D eigenvalue weighted by atomic mass is 16.6. The van der Waals surface area contributed by atoms with Crippen molar-refractivity contribution in [2.45, 2.75) is 6.42 Å². The number of carboxylic acid groups (broad SMARTS) is 1. The van der Waals surface area contributed by atoms with Crippen molar-refractivity contribution in [1.82, 2.24) is 4.90 Å². The van der Waals surface area contributed by atoms with Gasteiger partial charge in [-0.3, -0.25) is 19.7 Å². The molecule has 118 valence electrons. The predicted molar refractivity (Wildman–Crippen MR) is 75.6 cm³/mol. The Hall–Kier alpha value is -2.48. The topological polar surface area (TPSA) is 110 Å². The van der Waals surface area contributed by atoms with Crippen LogP contribution in [0, 0.1) is 15.5 Å². The van der Waals surface area contributed by atoms with E-state index >= 15 is 0 Å². The molecule has 0 radical (unpaired) electrons. The Morgan fingerprint density at radius 3 is 2.73 bits per heavy atom. The van der Waals surface area contributed by atoms with E-state index in [-0.39, 0.29) is 37.4 Å². The van der Waals surface area contributed by atoms with E-state index in [1.807, 2.05) is 0 Å². The number of rotatable bonds is 5. The molecule has 22 heavy (non-hydrogen) atoms. The number of amides is 1. The van der Waals surface area contributed by atoms with Crippen molar-refractivity contribution in [3.8, 4) is 0 Å². The van der Waals surface area contributed by atoms with Crippen molar-refractivity contribution in [3.05, 3.63) is 39.9 Å². The lowest BCUT2D eigenvalue weighted by Crippen LogP contribution is -2.40. The zero-order valence-electron chi connectivity index (χ0n) is 12.0. The van der Waals surface area contributed by atoms with Crippen LogP contribution in [0.2, 0.25) is 0 Å². The van der Waals surface area contributed by atoms with Gasteiger partial charge in [0.1, 0.15) is 11.0 Å². The Labute approximate surface area is 126 Å². The first-order valence-corrected chi connectivity index (χ1v) is 6.66. The number of aliphatic carboxylic acids is 1. The van der Waals surface area contributed by atoms with E-state index in [0.29, 0.717) is 0 Å². The summed E-state index contributed by atoms with van der Waals surface area (Å²) < 4.78 is 4.96. The minimum absolute atomic E-state index is 0.0109. The van der Waals surface area contributed by atoms with Gasteiger partial charge in [0.25, 0.3) is 11.6 Å². The number of methoxy groups -OCH3 is 1. The second-order valence-corrected chi connectivity index (χ2v) is 5.27. The van der Waals surface area contributed by atoms with Crippen LogP contribution in [0.1, 0.15) is 16.8 Å². The minimum atomic E-state index is -1.16. The third kappa shape index (κ3) is 2.77. The molecule has 0 saturated carbocycles. The number of ether oxygens (including phenoxy) is 1. The Bertz CT molecular complexity index is 617. The second-order valence-electron chi connectivity index (χ2n) is 5.27. The van der Waals surface area contributed by atoms with Gasteiger partial charge in [0.15, 0.2) is 0 Å². The minimum Gasteiger partial charge on any atom is -0.481 e. The molecule has 1 amide bonds. The lowest BCUT2D eigenvalue weighted by Gasteiger charge is -2.23. The number of nitro groups is 1. The van der Waals surface area contributed by atoms with E-state index in [1.54, 1.807) is 0 Å². The van der Waals surface area contributed by atoms with Crippen LogP contribution in [0.25, 0.3) is 0 Å². The van der Waals surface area contributed by atoms with Gasteiger partial charge in [0, 0.05) is 26.3 Å². The second kappa shape index (κ2) is 6.10. The normalized spacial score (nSPS) is 20.9. The third-order valence-corrected chi connectivity index (χ3v) is 3.85. The molecule has 0 aliphatic carbocycles. The van der Waals surface area contributed by atoms with Crippen molar-refractivity contribution in [1.29, 1.82) is 0 Å². The maximum atomic E-state index is 12.5. The zero-order valence-corrected chi connectivity index (χ0v) is 12.0. The summed E-state index contributed by atoms with van der Waals surface area (Å²) in [7, 11) is 1.40. The van der Waals surface area contributed by atoms with Gasteiger partial charge in [-0.25, -0.2) is 0 Å². The molecule has 1 aliphatic rings. The Balaban J connectivity index is 2.26. The number of para-hydroxylation sites is 1. The summed E-state index contributed by atoms with van der Waals surface area (Å²) in [6.45, 7) is 0.185. The maximum Gasteiger partial charge on any atom is 0.313 e. The molecule has 1 saturated heterocycles. The summed E-state index contributed by atoms with van der Waals surface area (Å²) in [5.41, 5.74) is -1.48. The van der Waals surface area contributed by atoms with Crippen molar-refractivity contribution in [2.75, 3.05) is 26.8 Å². The van der Waals surface area contributed by atoms with Gasteiger partial charge in [-0.15, -0.1) is 0 Å². The fourth-order valence-corrected chi connectivity index (χ4v) is 2.66. The molecule has 2 rings (SSSR count). The number of carboxylic acids is 1. The molecule has 1 N–H and O–H groups in total. The first-order valence-electron chi connectivity index (χ1n) is 6.66. The van der Waals surface area contributed by atoms with Gasteiger partial charge in [-0.1, -0.05) is 12.1 Å². The summed E-state index contributed by atoms with van der Waals surface area (Å²) >= 11 is 0. The number of hydrogen-bond acceptors (Lipinski definition) is 5. The molecule has 8 nitrogen and oxygen atoms in total.